The number of fused-ring (bicyclic) bond motifs is 2. The average molecular weight is 253 g/mol. The lowest BCUT2D eigenvalue weighted by atomic mass is 10.1. The first kappa shape index (κ1) is 10.4. The predicted molar refractivity (Wildman–Crippen MR) is 70.3 cm³/mol. The Hall–Kier alpha value is -2.56. The lowest BCUT2D eigenvalue weighted by molar-refractivity contribution is 0.171. The number of H-pyrrole nitrogens is 1. The lowest BCUT2D eigenvalue weighted by Gasteiger charge is -2.18. The Balaban J connectivity index is 1.82. The van der Waals surface area contributed by atoms with E-state index in [-0.39, 0.29) is 0 Å². The minimum absolute atomic E-state index is 0.587. The van der Waals surface area contributed by atoms with Crippen LogP contribution in [0.3, 0.4) is 0 Å². The van der Waals surface area contributed by atoms with Crippen molar-refractivity contribution < 1.29 is 9.47 Å². The number of nitrogens with one attached hydrogen (secondary N) is 1. The molecule has 5 nitrogen and oxygen atoms in total. The van der Waals surface area contributed by atoms with Gasteiger partial charge < -0.3 is 9.47 Å². The van der Waals surface area contributed by atoms with Crippen molar-refractivity contribution in [3.05, 3.63) is 36.5 Å². The Labute approximate surface area is 109 Å². The zero-order valence-electron chi connectivity index (χ0n) is 10.1. The highest BCUT2D eigenvalue weighted by Gasteiger charge is 2.13. The van der Waals surface area contributed by atoms with Gasteiger partial charge in [-0.15, -0.1) is 0 Å². The second kappa shape index (κ2) is 3.98. The Kier molecular flexibility index (Phi) is 2.17. The molecule has 0 aliphatic carbocycles. The molecule has 1 aliphatic heterocycles. The summed E-state index contributed by atoms with van der Waals surface area (Å²) in [6.07, 6.45) is 1.76. The molecule has 2 aromatic heterocycles. The predicted octanol–water partition coefficient (Wildman–Crippen LogP) is 2.40. The van der Waals surface area contributed by atoms with Gasteiger partial charge in [-0.3, -0.25) is 5.10 Å². The van der Waals surface area contributed by atoms with Crippen LogP contribution in [0, 0.1) is 0 Å². The number of benzene rings is 1. The van der Waals surface area contributed by atoms with Gasteiger partial charge in [0.25, 0.3) is 0 Å². The molecule has 0 radical (unpaired) electrons. The van der Waals surface area contributed by atoms with E-state index in [1.165, 1.54) is 0 Å². The van der Waals surface area contributed by atoms with E-state index in [0.717, 1.165) is 33.8 Å². The van der Waals surface area contributed by atoms with Crippen molar-refractivity contribution in [1.29, 1.82) is 0 Å². The number of nitrogens with zero attached hydrogens (tertiary/aromatic N) is 2. The molecule has 94 valence electrons. The summed E-state index contributed by atoms with van der Waals surface area (Å²) in [5.41, 5.74) is 2.67. The number of hydrogen-bond acceptors (Lipinski definition) is 4. The van der Waals surface area contributed by atoms with Crippen LogP contribution < -0.4 is 9.47 Å². The van der Waals surface area contributed by atoms with Crippen LogP contribution in [0.25, 0.3) is 22.3 Å². The fourth-order valence-corrected chi connectivity index (χ4v) is 2.19. The van der Waals surface area contributed by atoms with Crippen LogP contribution in [0.15, 0.2) is 36.5 Å². The maximum Gasteiger partial charge on any atom is 0.162 e. The van der Waals surface area contributed by atoms with Crippen LogP contribution in [-0.2, 0) is 0 Å². The van der Waals surface area contributed by atoms with E-state index in [9.17, 15) is 0 Å². The molecule has 0 amide bonds. The van der Waals surface area contributed by atoms with Gasteiger partial charge in [0.05, 0.1) is 11.9 Å². The van der Waals surface area contributed by atoms with Gasteiger partial charge in [0, 0.05) is 10.9 Å². The molecule has 5 heteroatoms. The molecule has 0 unspecified atom stereocenters. The van der Waals surface area contributed by atoms with E-state index < -0.39 is 0 Å². The molecular weight excluding hydrogens is 242 g/mol. The largest absolute Gasteiger partial charge is 0.486 e. The van der Waals surface area contributed by atoms with Gasteiger partial charge in [-0.25, -0.2) is 4.98 Å². The highest BCUT2D eigenvalue weighted by molar-refractivity contribution is 5.78. The van der Waals surface area contributed by atoms with Crippen molar-refractivity contribution in [2.75, 3.05) is 13.2 Å². The molecule has 4 rings (SSSR count). The van der Waals surface area contributed by atoms with Gasteiger partial charge in [0.2, 0.25) is 0 Å². The molecule has 0 bridgehead atoms. The molecule has 3 aromatic rings. The number of rotatable bonds is 1. The highest BCUT2D eigenvalue weighted by Crippen LogP contribution is 2.34. The fraction of sp³-hybridized carbons (Fsp3) is 0.143. The molecule has 0 spiro atoms. The molecule has 3 heterocycles. The molecule has 1 aromatic carbocycles. The zero-order valence-corrected chi connectivity index (χ0v) is 10.1. The van der Waals surface area contributed by atoms with E-state index >= 15 is 0 Å². The molecule has 0 saturated heterocycles. The number of aromatic amines is 1. The first-order valence-corrected chi connectivity index (χ1v) is 6.10. The number of hydrogen-bond donors (Lipinski definition) is 1. The van der Waals surface area contributed by atoms with Crippen molar-refractivity contribution in [3.63, 3.8) is 0 Å². The Morgan fingerprint density at radius 2 is 1.89 bits per heavy atom. The summed E-state index contributed by atoms with van der Waals surface area (Å²) in [6, 6.07) is 9.83. The van der Waals surface area contributed by atoms with Crippen LogP contribution in [-0.4, -0.2) is 28.4 Å². The zero-order chi connectivity index (χ0) is 12.7. The normalized spacial score (nSPS) is 13.7. The molecule has 0 atom stereocenters. The summed E-state index contributed by atoms with van der Waals surface area (Å²) in [5.74, 6) is 1.56. The van der Waals surface area contributed by atoms with Crippen molar-refractivity contribution in [2.24, 2.45) is 0 Å². The molecule has 19 heavy (non-hydrogen) atoms. The van der Waals surface area contributed by atoms with Gasteiger partial charge in [-0.05, 0) is 30.3 Å². The summed E-state index contributed by atoms with van der Waals surface area (Å²) < 4.78 is 11.1. The third-order valence-electron chi connectivity index (χ3n) is 3.14. The van der Waals surface area contributed by atoms with E-state index in [1.807, 2.05) is 30.3 Å². The average Bonchev–Trinajstić information content (AvgIpc) is 2.94. The van der Waals surface area contributed by atoms with Crippen molar-refractivity contribution >= 4 is 11.0 Å². The van der Waals surface area contributed by atoms with Crippen LogP contribution in [0.5, 0.6) is 11.5 Å². The van der Waals surface area contributed by atoms with Gasteiger partial charge in [0.1, 0.15) is 13.2 Å². The summed E-state index contributed by atoms with van der Waals surface area (Å²) in [6.45, 7) is 1.19. The maximum atomic E-state index is 5.59. The minimum Gasteiger partial charge on any atom is -0.486 e. The van der Waals surface area contributed by atoms with Crippen molar-refractivity contribution in [3.8, 4) is 22.8 Å². The van der Waals surface area contributed by atoms with Crippen molar-refractivity contribution in [2.45, 2.75) is 0 Å². The maximum absolute atomic E-state index is 5.59. The van der Waals surface area contributed by atoms with Gasteiger partial charge >= 0.3 is 0 Å². The number of pyridine rings is 1. The Morgan fingerprint density at radius 1 is 1.00 bits per heavy atom. The van der Waals surface area contributed by atoms with Crippen LogP contribution in [0.1, 0.15) is 0 Å². The molecular formula is C14H11N3O2. The number of aromatic nitrogens is 3. The third-order valence-corrected chi connectivity index (χ3v) is 3.14. The van der Waals surface area contributed by atoms with Gasteiger partial charge in [-0.1, -0.05) is 0 Å². The van der Waals surface area contributed by atoms with E-state index in [0.29, 0.717) is 13.2 Å². The molecule has 0 saturated carbocycles. The van der Waals surface area contributed by atoms with Gasteiger partial charge in [-0.2, -0.15) is 5.10 Å². The minimum atomic E-state index is 0.587. The summed E-state index contributed by atoms with van der Waals surface area (Å²) >= 11 is 0. The summed E-state index contributed by atoms with van der Waals surface area (Å²) in [5, 5.41) is 7.85. The standard InChI is InChI=1S/C14H11N3O2/c1-3-11(16-14-10(1)8-15-17-14)9-2-4-12-13(7-9)19-6-5-18-12/h1-4,7-8H,5-6H2,(H,15,16,17). The fourth-order valence-electron chi connectivity index (χ4n) is 2.19. The van der Waals surface area contributed by atoms with E-state index in [4.69, 9.17) is 9.47 Å². The lowest BCUT2D eigenvalue weighted by Crippen LogP contribution is -2.15. The Bertz CT molecular complexity index is 751. The first-order chi connectivity index (χ1) is 9.40. The topological polar surface area (TPSA) is 60.0 Å². The summed E-state index contributed by atoms with van der Waals surface area (Å²) in [7, 11) is 0. The molecule has 1 N–H and O–H groups in total. The Morgan fingerprint density at radius 3 is 2.84 bits per heavy atom. The number of ether oxygens (including phenoxy) is 2. The smallest absolute Gasteiger partial charge is 0.162 e. The first-order valence-electron chi connectivity index (χ1n) is 6.10. The highest BCUT2D eigenvalue weighted by atomic mass is 16.6. The van der Waals surface area contributed by atoms with E-state index in [1.54, 1.807) is 6.20 Å². The van der Waals surface area contributed by atoms with Crippen molar-refractivity contribution in [1.82, 2.24) is 15.2 Å². The third kappa shape index (κ3) is 1.71. The second-order valence-corrected chi connectivity index (χ2v) is 4.36. The van der Waals surface area contributed by atoms with Crippen LogP contribution in [0.4, 0.5) is 0 Å². The second-order valence-electron chi connectivity index (χ2n) is 4.36. The van der Waals surface area contributed by atoms with Crippen LogP contribution in [0.2, 0.25) is 0 Å². The molecule has 0 fully saturated rings. The molecule has 1 aliphatic rings. The van der Waals surface area contributed by atoms with Gasteiger partial charge in [0.15, 0.2) is 17.1 Å². The SMILES string of the molecule is c1cc2c(cc1-c1ccc3cn[nH]c3n1)OCCO2. The summed E-state index contributed by atoms with van der Waals surface area (Å²) in [4.78, 5) is 4.54. The van der Waals surface area contributed by atoms with Crippen LogP contribution >= 0.6 is 0 Å². The quantitative estimate of drug-likeness (QED) is 0.723. The van der Waals surface area contributed by atoms with E-state index in [2.05, 4.69) is 15.2 Å². The monoisotopic (exact) mass is 253 g/mol.